The molecule has 0 aliphatic heterocycles. The third-order valence-electron chi connectivity index (χ3n) is 3.82. The Kier molecular flexibility index (Phi) is 6.40. The Hall–Kier alpha value is -0.430. The van der Waals surface area contributed by atoms with E-state index >= 15 is 0 Å². The van der Waals surface area contributed by atoms with E-state index in [1.807, 2.05) is 12.3 Å². The second-order valence-corrected chi connectivity index (χ2v) is 9.65. The van der Waals surface area contributed by atoms with Crippen molar-refractivity contribution in [1.29, 1.82) is 0 Å². The maximum absolute atomic E-state index is 12.7. The molecular weight excluding hydrogens is 304 g/mol. The van der Waals surface area contributed by atoms with Gasteiger partial charge in [-0.3, -0.25) is 0 Å². The lowest BCUT2D eigenvalue weighted by atomic mass is 9.88. The Morgan fingerprint density at radius 3 is 2.52 bits per heavy atom. The zero-order valence-corrected chi connectivity index (χ0v) is 15.6. The van der Waals surface area contributed by atoms with Gasteiger partial charge < -0.3 is 5.32 Å². The minimum atomic E-state index is -3.41. The van der Waals surface area contributed by atoms with Gasteiger partial charge in [0.1, 0.15) is 4.21 Å². The highest BCUT2D eigenvalue weighted by molar-refractivity contribution is 7.91. The Balaban J connectivity index is 2.88. The van der Waals surface area contributed by atoms with Crippen LogP contribution in [0.15, 0.2) is 15.7 Å². The summed E-state index contributed by atoms with van der Waals surface area (Å²) in [6.45, 7) is 11.9. The van der Waals surface area contributed by atoms with Crippen molar-refractivity contribution in [2.75, 3.05) is 13.6 Å². The minimum absolute atomic E-state index is 0.0636. The zero-order chi connectivity index (χ0) is 16.3. The average Bonchev–Trinajstić information content (AvgIpc) is 2.85. The number of hydrogen-bond acceptors (Lipinski definition) is 4. The van der Waals surface area contributed by atoms with Crippen molar-refractivity contribution in [2.24, 2.45) is 5.41 Å². The molecule has 0 amide bonds. The van der Waals surface area contributed by atoms with E-state index in [2.05, 4.69) is 33.0 Å². The van der Waals surface area contributed by atoms with E-state index in [9.17, 15) is 8.42 Å². The molecule has 0 fully saturated rings. The van der Waals surface area contributed by atoms with Crippen molar-refractivity contribution in [1.82, 2.24) is 9.62 Å². The molecule has 1 rings (SSSR count). The predicted molar refractivity (Wildman–Crippen MR) is 90.2 cm³/mol. The highest BCUT2D eigenvalue weighted by Crippen LogP contribution is 2.30. The number of thiophene rings is 1. The van der Waals surface area contributed by atoms with Gasteiger partial charge in [0.15, 0.2) is 0 Å². The van der Waals surface area contributed by atoms with E-state index in [0.717, 1.165) is 25.1 Å². The third-order valence-corrected chi connectivity index (χ3v) is 7.21. The highest BCUT2D eigenvalue weighted by Gasteiger charge is 2.33. The normalized spacial score (nSPS) is 14.6. The van der Waals surface area contributed by atoms with Crippen molar-refractivity contribution in [2.45, 2.75) is 57.8 Å². The van der Waals surface area contributed by atoms with E-state index in [4.69, 9.17) is 0 Å². The fourth-order valence-corrected chi connectivity index (χ4v) is 4.82. The summed E-state index contributed by atoms with van der Waals surface area (Å²) in [6.07, 6.45) is 1.07. The van der Waals surface area contributed by atoms with Crippen LogP contribution in [0.4, 0.5) is 0 Å². The van der Waals surface area contributed by atoms with E-state index in [1.165, 1.54) is 15.6 Å². The second kappa shape index (κ2) is 7.22. The number of rotatable bonds is 7. The summed E-state index contributed by atoms with van der Waals surface area (Å²) in [7, 11) is -1.74. The van der Waals surface area contributed by atoms with Gasteiger partial charge in [-0.25, -0.2) is 8.42 Å². The first-order chi connectivity index (χ1) is 9.60. The number of hydrogen-bond donors (Lipinski definition) is 1. The molecule has 6 heteroatoms. The number of nitrogens with one attached hydrogen (secondary N) is 1. The Bertz CT molecular complexity index is 544. The van der Waals surface area contributed by atoms with Gasteiger partial charge in [-0.15, -0.1) is 11.3 Å². The molecule has 0 radical (unpaired) electrons. The molecule has 0 aromatic carbocycles. The Morgan fingerprint density at radius 1 is 1.38 bits per heavy atom. The van der Waals surface area contributed by atoms with Crippen molar-refractivity contribution in [3.8, 4) is 0 Å². The summed E-state index contributed by atoms with van der Waals surface area (Å²) in [4.78, 5) is 0. The van der Waals surface area contributed by atoms with Crippen LogP contribution in [0.25, 0.3) is 0 Å². The summed E-state index contributed by atoms with van der Waals surface area (Å²) >= 11 is 1.30. The molecule has 1 heterocycles. The fraction of sp³-hybridized carbons (Fsp3) is 0.733. The van der Waals surface area contributed by atoms with Crippen LogP contribution in [0.3, 0.4) is 0 Å². The number of nitrogens with zero attached hydrogens (tertiary/aromatic N) is 1. The molecule has 21 heavy (non-hydrogen) atoms. The summed E-state index contributed by atoms with van der Waals surface area (Å²) < 4.78 is 27.3. The molecule has 122 valence electrons. The predicted octanol–water partition coefficient (Wildman–Crippen LogP) is 3.30. The van der Waals surface area contributed by atoms with Crippen molar-refractivity contribution in [3.63, 3.8) is 0 Å². The second-order valence-electron chi connectivity index (χ2n) is 6.51. The number of sulfonamides is 1. The molecule has 1 atom stereocenters. The molecule has 0 spiro atoms. The molecule has 1 aromatic rings. The van der Waals surface area contributed by atoms with Crippen LogP contribution in [0, 0.1) is 5.41 Å². The molecule has 1 aromatic heterocycles. The van der Waals surface area contributed by atoms with E-state index < -0.39 is 10.0 Å². The van der Waals surface area contributed by atoms with Gasteiger partial charge in [0, 0.05) is 19.6 Å². The van der Waals surface area contributed by atoms with Gasteiger partial charge in [-0.1, -0.05) is 27.7 Å². The van der Waals surface area contributed by atoms with Gasteiger partial charge in [0.2, 0.25) is 0 Å². The monoisotopic (exact) mass is 332 g/mol. The van der Waals surface area contributed by atoms with E-state index in [-0.39, 0.29) is 11.5 Å². The molecular formula is C15H28N2O2S2. The van der Waals surface area contributed by atoms with Crippen molar-refractivity contribution >= 4 is 21.4 Å². The Morgan fingerprint density at radius 2 is 2.00 bits per heavy atom. The quantitative estimate of drug-likeness (QED) is 0.779. The van der Waals surface area contributed by atoms with Crippen LogP contribution >= 0.6 is 11.3 Å². The van der Waals surface area contributed by atoms with Gasteiger partial charge in [-0.05, 0) is 42.3 Å². The van der Waals surface area contributed by atoms with Crippen LogP contribution in [0.2, 0.25) is 0 Å². The topological polar surface area (TPSA) is 49.4 Å². The largest absolute Gasteiger partial charge is 0.313 e. The summed E-state index contributed by atoms with van der Waals surface area (Å²) in [5.74, 6) is 0. The molecule has 0 aliphatic rings. The van der Waals surface area contributed by atoms with Crippen LogP contribution in [-0.2, 0) is 16.6 Å². The first-order valence-corrected chi connectivity index (χ1v) is 9.68. The molecule has 0 aliphatic carbocycles. The van der Waals surface area contributed by atoms with Gasteiger partial charge >= 0.3 is 0 Å². The molecule has 1 N–H and O–H groups in total. The van der Waals surface area contributed by atoms with Crippen LogP contribution in [0.5, 0.6) is 0 Å². The van der Waals surface area contributed by atoms with E-state index in [0.29, 0.717) is 4.21 Å². The first-order valence-electron chi connectivity index (χ1n) is 7.37. The molecule has 0 saturated carbocycles. The lowest BCUT2D eigenvalue weighted by Gasteiger charge is -2.34. The summed E-state index contributed by atoms with van der Waals surface area (Å²) in [6, 6.07) is 1.72. The summed E-state index contributed by atoms with van der Waals surface area (Å²) in [5.41, 5.74) is 0.939. The zero-order valence-electron chi connectivity index (χ0n) is 13.9. The summed E-state index contributed by atoms with van der Waals surface area (Å²) in [5, 5.41) is 5.21. The van der Waals surface area contributed by atoms with Crippen LogP contribution in [0.1, 0.15) is 46.6 Å². The third kappa shape index (κ3) is 4.77. The first kappa shape index (κ1) is 18.6. The SMILES string of the molecule is CCCNCc1csc(S(=O)(=O)N(C)C(C)C(C)(C)C)c1. The smallest absolute Gasteiger partial charge is 0.252 e. The molecule has 0 bridgehead atoms. The molecule has 1 unspecified atom stereocenters. The standard InChI is InChI=1S/C15H28N2O2S2/c1-7-8-16-10-13-9-14(20-11-13)21(18,19)17(6)12(2)15(3,4)5/h9,11-12,16H,7-8,10H2,1-6H3. The van der Waals surface area contributed by atoms with E-state index in [1.54, 1.807) is 13.1 Å². The molecule has 0 saturated heterocycles. The lowest BCUT2D eigenvalue weighted by Crippen LogP contribution is -2.42. The van der Waals surface area contributed by atoms with Crippen molar-refractivity contribution < 1.29 is 8.42 Å². The van der Waals surface area contributed by atoms with Gasteiger partial charge in [0.05, 0.1) is 0 Å². The lowest BCUT2D eigenvalue weighted by molar-refractivity contribution is 0.217. The Labute approximate surface area is 133 Å². The average molecular weight is 333 g/mol. The molecule has 4 nitrogen and oxygen atoms in total. The van der Waals surface area contributed by atoms with Gasteiger partial charge in [0.25, 0.3) is 10.0 Å². The van der Waals surface area contributed by atoms with Crippen LogP contribution in [-0.4, -0.2) is 32.4 Å². The van der Waals surface area contributed by atoms with Crippen molar-refractivity contribution in [3.05, 3.63) is 17.0 Å². The maximum atomic E-state index is 12.7. The fourth-order valence-electron chi connectivity index (χ4n) is 1.89. The highest BCUT2D eigenvalue weighted by atomic mass is 32.2. The maximum Gasteiger partial charge on any atom is 0.252 e. The minimum Gasteiger partial charge on any atom is -0.313 e. The van der Waals surface area contributed by atoms with Gasteiger partial charge in [-0.2, -0.15) is 4.31 Å². The van der Waals surface area contributed by atoms with Crippen LogP contribution < -0.4 is 5.32 Å².